The molecule has 0 radical (unpaired) electrons. The Bertz CT molecular complexity index is 1180. The molecule has 0 saturated carbocycles. The number of anilines is 1. The van der Waals surface area contributed by atoms with Crippen LogP contribution in [0.25, 0.3) is 10.9 Å². The molecule has 0 atom stereocenters. The Morgan fingerprint density at radius 2 is 1.57 bits per heavy atom. The number of benzene rings is 3. The minimum absolute atomic E-state index is 0.646. The molecular formula is C25H24N5+. The van der Waals surface area contributed by atoms with Crippen LogP contribution in [0.15, 0.2) is 101 Å². The van der Waals surface area contributed by atoms with Crippen molar-refractivity contribution in [1.29, 1.82) is 0 Å². The number of hydrazone groups is 1. The van der Waals surface area contributed by atoms with E-state index in [1.54, 1.807) is 6.21 Å². The van der Waals surface area contributed by atoms with Crippen LogP contribution in [0.5, 0.6) is 0 Å². The number of H-pyrrole nitrogens is 1. The van der Waals surface area contributed by atoms with Crippen LogP contribution >= 0.6 is 0 Å². The lowest BCUT2D eigenvalue weighted by Crippen LogP contribution is -2.27. The number of hydrogen-bond acceptors (Lipinski definition) is 3. The second-order valence-corrected chi connectivity index (χ2v) is 7.11. The maximum Gasteiger partial charge on any atom is 0.248 e. The van der Waals surface area contributed by atoms with Crippen LogP contribution in [-0.4, -0.2) is 26.1 Å². The zero-order valence-corrected chi connectivity index (χ0v) is 17.1. The summed E-state index contributed by atoms with van der Waals surface area (Å²) in [5.41, 5.74) is 8.03. The third-order valence-electron chi connectivity index (χ3n) is 4.71. The van der Waals surface area contributed by atoms with Crippen molar-refractivity contribution in [3.8, 4) is 0 Å². The highest BCUT2D eigenvalue weighted by Crippen LogP contribution is 2.14. The van der Waals surface area contributed by atoms with Crippen molar-refractivity contribution in [3.05, 3.63) is 102 Å². The number of rotatable bonds is 5. The predicted octanol–water partition coefficient (Wildman–Crippen LogP) is 4.42. The molecule has 0 aliphatic carbocycles. The van der Waals surface area contributed by atoms with E-state index in [0.29, 0.717) is 5.84 Å². The molecule has 0 unspecified atom stereocenters. The molecule has 4 aromatic rings. The summed E-state index contributed by atoms with van der Waals surface area (Å²) in [6.07, 6.45) is 1.79. The summed E-state index contributed by atoms with van der Waals surface area (Å²) < 4.78 is 0. The van der Waals surface area contributed by atoms with Crippen LogP contribution in [0.4, 0.5) is 11.4 Å². The van der Waals surface area contributed by atoms with E-state index < -0.39 is 0 Å². The van der Waals surface area contributed by atoms with Crippen molar-refractivity contribution in [2.45, 2.75) is 0 Å². The van der Waals surface area contributed by atoms with Crippen molar-refractivity contribution in [2.24, 2.45) is 10.1 Å². The highest BCUT2D eigenvalue weighted by atomic mass is 15.3. The van der Waals surface area contributed by atoms with E-state index in [1.165, 1.54) is 0 Å². The van der Waals surface area contributed by atoms with Crippen LogP contribution in [0, 0.1) is 0 Å². The summed E-state index contributed by atoms with van der Waals surface area (Å²) in [6, 6.07) is 30.3. The van der Waals surface area contributed by atoms with E-state index in [9.17, 15) is 0 Å². The van der Waals surface area contributed by atoms with E-state index in [4.69, 9.17) is 4.99 Å². The number of fused-ring (bicyclic) bond motifs is 1. The Labute approximate surface area is 176 Å². The number of aromatic amines is 1. The summed E-state index contributed by atoms with van der Waals surface area (Å²) in [7, 11) is 4.05. The summed E-state index contributed by atoms with van der Waals surface area (Å²) in [4.78, 5) is 10.3. The highest BCUT2D eigenvalue weighted by Gasteiger charge is 2.12. The largest absolute Gasteiger partial charge is 0.378 e. The second-order valence-electron chi connectivity index (χ2n) is 7.11. The van der Waals surface area contributed by atoms with Gasteiger partial charge in [-0.3, -0.25) is 5.43 Å². The predicted molar refractivity (Wildman–Crippen MR) is 125 cm³/mol. The molecule has 30 heavy (non-hydrogen) atoms. The number of nitrogens with one attached hydrogen (secondary N) is 2. The molecule has 1 aromatic heterocycles. The molecule has 5 nitrogen and oxygen atoms in total. The number of nitrogens with zero attached hydrogens (tertiary/aromatic N) is 3. The van der Waals surface area contributed by atoms with Gasteiger partial charge in [0.05, 0.1) is 11.9 Å². The molecule has 4 rings (SSSR count). The normalized spacial score (nSPS) is 11.7. The second kappa shape index (κ2) is 9.01. The van der Waals surface area contributed by atoms with Gasteiger partial charge >= 0.3 is 0 Å². The highest BCUT2D eigenvalue weighted by molar-refractivity contribution is 5.98. The Balaban J connectivity index is 1.62. The fraction of sp³-hybridized carbons (Fsp3) is 0.0800. The fourth-order valence-corrected chi connectivity index (χ4v) is 3.06. The van der Waals surface area contributed by atoms with Crippen LogP contribution < -0.4 is 15.3 Å². The van der Waals surface area contributed by atoms with Crippen LogP contribution in [0.3, 0.4) is 0 Å². The molecule has 0 aliphatic heterocycles. The minimum atomic E-state index is 0.646. The lowest BCUT2D eigenvalue weighted by Gasteiger charge is -2.11. The average Bonchev–Trinajstić information content (AvgIpc) is 2.79. The summed E-state index contributed by atoms with van der Waals surface area (Å²) in [5.74, 6) is 0.646. The molecule has 1 heterocycles. The molecule has 0 bridgehead atoms. The number of pyridine rings is 1. The molecule has 148 valence electrons. The van der Waals surface area contributed by atoms with Crippen molar-refractivity contribution >= 4 is 34.3 Å². The molecule has 0 aliphatic rings. The van der Waals surface area contributed by atoms with Gasteiger partial charge in [0, 0.05) is 37.3 Å². The van der Waals surface area contributed by atoms with E-state index in [2.05, 4.69) is 50.7 Å². The Hall–Kier alpha value is -3.99. The van der Waals surface area contributed by atoms with Crippen LogP contribution in [0.2, 0.25) is 0 Å². The summed E-state index contributed by atoms with van der Waals surface area (Å²) in [5, 5.41) is 5.57. The Morgan fingerprint density at radius 1 is 0.833 bits per heavy atom. The quantitative estimate of drug-likeness (QED) is 0.309. The van der Waals surface area contributed by atoms with Crippen molar-refractivity contribution in [2.75, 3.05) is 19.0 Å². The van der Waals surface area contributed by atoms with Gasteiger partial charge in [0.1, 0.15) is 0 Å². The topological polar surface area (TPSA) is 54.1 Å². The van der Waals surface area contributed by atoms with E-state index in [1.807, 2.05) is 74.8 Å². The number of aliphatic imine (C=N–C) groups is 1. The minimum Gasteiger partial charge on any atom is -0.378 e. The number of hydrogen-bond donors (Lipinski definition) is 1. The zero-order valence-electron chi connectivity index (χ0n) is 17.1. The van der Waals surface area contributed by atoms with Gasteiger partial charge in [0.25, 0.3) is 0 Å². The molecule has 0 saturated heterocycles. The van der Waals surface area contributed by atoms with E-state index in [0.717, 1.165) is 33.5 Å². The Morgan fingerprint density at radius 3 is 2.33 bits per heavy atom. The first-order chi connectivity index (χ1) is 14.7. The molecule has 0 spiro atoms. The van der Waals surface area contributed by atoms with Gasteiger partial charge in [-0.05, 0) is 42.0 Å². The fourth-order valence-electron chi connectivity index (χ4n) is 3.06. The first-order valence-corrected chi connectivity index (χ1v) is 9.81. The molecule has 2 N–H and O–H groups in total. The number of aromatic nitrogens is 1. The summed E-state index contributed by atoms with van der Waals surface area (Å²) in [6.45, 7) is 0. The maximum absolute atomic E-state index is 4.76. The lowest BCUT2D eigenvalue weighted by atomic mass is 10.2. The van der Waals surface area contributed by atoms with Gasteiger partial charge in [-0.15, -0.1) is 0 Å². The Kier molecular flexibility index (Phi) is 5.80. The van der Waals surface area contributed by atoms with Crippen molar-refractivity contribution < 1.29 is 4.98 Å². The third-order valence-corrected chi connectivity index (χ3v) is 4.71. The van der Waals surface area contributed by atoms with Gasteiger partial charge in [-0.2, -0.15) is 5.10 Å². The smallest absolute Gasteiger partial charge is 0.248 e. The summed E-state index contributed by atoms with van der Waals surface area (Å²) >= 11 is 0. The van der Waals surface area contributed by atoms with Gasteiger partial charge < -0.3 is 4.90 Å². The van der Waals surface area contributed by atoms with Gasteiger partial charge in [-0.1, -0.05) is 42.5 Å². The number of para-hydroxylation sites is 2. The number of amidine groups is 1. The molecule has 0 fully saturated rings. The molecule has 5 heteroatoms. The van der Waals surface area contributed by atoms with Crippen molar-refractivity contribution in [3.63, 3.8) is 0 Å². The first-order valence-electron chi connectivity index (χ1n) is 9.81. The zero-order chi connectivity index (χ0) is 20.8. The monoisotopic (exact) mass is 394 g/mol. The SMILES string of the molecule is CN(C)c1ccc(/C=N\NC(=Nc2ccccc2)c2ccc3ccccc3[nH+]2)cc1. The van der Waals surface area contributed by atoms with Crippen LogP contribution in [0.1, 0.15) is 11.3 Å². The van der Waals surface area contributed by atoms with Gasteiger partial charge in [-0.25, -0.2) is 9.98 Å². The van der Waals surface area contributed by atoms with E-state index in [-0.39, 0.29) is 0 Å². The van der Waals surface area contributed by atoms with Gasteiger partial charge in [0.15, 0.2) is 0 Å². The third kappa shape index (κ3) is 4.70. The standard InChI is InChI=1S/C25H23N5/c1-30(2)22-15-12-19(13-16-22)18-26-29-25(27-21-9-4-3-5-10-21)24-17-14-20-8-6-7-11-23(20)28-24/h3-18H,1-2H3,(H,27,29)/p+1/b26-18-. The maximum atomic E-state index is 4.76. The molecule has 3 aromatic carbocycles. The van der Waals surface area contributed by atoms with Crippen LogP contribution in [-0.2, 0) is 0 Å². The molecular weight excluding hydrogens is 370 g/mol. The van der Waals surface area contributed by atoms with E-state index >= 15 is 0 Å². The lowest BCUT2D eigenvalue weighted by molar-refractivity contribution is -0.347. The molecule has 0 amide bonds. The average molecular weight is 395 g/mol. The van der Waals surface area contributed by atoms with Gasteiger partial charge in [0.2, 0.25) is 17.0 Å². The first kappa shape index (κ1) is 19.3. The van der Waals surface area contributed by atoms with Crippen molar-refractivity contribution in [1.82, 2.24) is 5.43 Å².